The zero-order valence-electron chi connectivity index (χ0n) is 6.05. The van der Waals surface area contributed by atoms with Crippen molar-refractivity contribution in [3.63, 3.8) is 0 Å². The van der Waals surface area contributed by atoms with Crippen LogP contribution < -0.4 is 5.32 Å². The van der Waals surface area contributed by atoms with Crippen LogP contribution in [0.15, 0.2) is 23.4 Å². The average Bonchev–Trinajstić information content (AvgIpc) is 1.82. The average molecular weight is 208 g/mol. The third kappa shape index (κ3) is 2.43. The first-order chi connectivity index (χ1) is 5.52. The molecule has 66 valence electrons. The maximum Gasteiger partial charge on any atom is 0.307 e. The first-order valence-electron chi connectivity index (χ1n) is 3.26. The second-order valence-corrected chi connectivity index (χ2v) is 3.51. The molecule has 0 amide bonds. The summed E-state index contributed by atoms with van der Waals surface area (Å²) in [7, 11) is 0. The van der Waals surface area contributed by atoms with E-state index in [0.29, 0.717) is 5.16 Å². The molecule has 1 unspecified atom stereocenters. The molecule has 0 aromatic heterocycles. The molecule has 5 heteroatoms. The Kier molecular flexibility index (Phi) is 2.65. The number of nitrogens with one attached hydrogen (secondary N) is 1. The van der Waals surface area contributed by atoms with E-state index in [2.05, 4.69) is 5.32 Å². The number of rotatable bonds is 2. The van der Waals surface area contributed by atoms with Crippen molar-refractivity contribution >= 4 is 29.2 Å². The fourth-order valence-electron chi connectivity index (χ4n) is 0.890. The third-order valence-electron chi connectivity index (χ3n) is 1.34. The van der Waals surface area contributed by atoms with Gasteiger partial charge in [-0.05, 0) is 12.2 Å². The lowest BCUT2D eigenvalue weighted by atomic mass is 10.1. The van der Waals surface area contributed by atoms with E-state index in [4.69, 9.17) is 28.3 Å². The Morgan fingerprint density at radius 3 is 2.92 bits per heavy atom. The molecule has 1 heterocycles. The highest BCUT2D eigenvalue weighted by Crippen LogP contribution is 2.24. The minimum absolute atomic E-state index is 0.213. The molecule has 0 aromatic carbocycles. The van der Waals surface area contributed by atoms with E-state index in [-0.39, 0.29) is 6.42 Å². The Bertz CT molecular complexity index is 258. The summed E-state index contributed by atoms with van der Waals surface area (Å²) in [6.45, 7) is 0. The molecule has 1 aliphatic heterocycles. The Morgan fingerprint density at radius 1 is 1.75 bits per heavy atom. The van der Waals surface area contributed by atoms with Gasteiger partial charge in [0.2, 0.25) is 0 Å². The monoisotopic (exact) mass is 207 g/mol. The van der Waals surface area contributed by atoms with Gasteiger partial charge in [-0.1, -0.05) is 29.3 Å². The minimum atomic E-state index is -1.09. The molecule has 1 atom stereocenters. The summed E-state index contributed by atoms with van der Waals surface area (Å²) in [6.07, 6.45) is 4.56. The molecule has 0 aromatic rings. The van der Waals surface area contributed by atoms with Gasteiger partial charge in [0.05, 0.1) is 6.42 Å². The summed E-state index contributed by atoms with van der Waals surface area (Å²) in [5.74, 6) is -0.978. The van der Waals surface area contributed by atoms with Crippen molar-refractivity contribution in [2.45, 2.75) is 11.4 Å². The normalized spacial score (nSPS) is 27.7. The summed E-state index contributed by atoms with van der Waals surface area (Å²) in [4.78, 5) is 9.27. The van der Waals surface area contributed by atoms with Gasteiger partial charge in [0.1, 0.15) is 10.2 Å². The molecule has 1 aliphatic rings. The van der Waals surface area contributed by atoms with Crippen molar-refractivity contribution in [3.05, 3.63) is 23.4 Å². The van der Waals surface area contributed by atoms with Crippen LogP contribution in [0.4, 0.5) is 0 Å². The molecule has 0 spiro atoms. The Morgan fingerprint density at radius 2 is 2.42 bits per heavy atom. The van der Waals surface area contributed by atoms with E-state index in [1.807, 2.05) is 0 Å². The molecule has 0 aliphatic carbocycles. The van der Waals surface area contributed by atoms with E-state index in [0.717, 1.165) is 0 Å². The molecular formula is C7H7Cl2NO2. The van der Waals surface area contributed by atoms with Crippen LogP contribution in [0.1, 0.15) is 6.42 Å². The van der Waals surface area contributed by atoms with Gasteiger partial charge in [-0.2, -0.15) is 0 Å². The van der Waals surface area contributed by atoms with Gasteiger partial charge >= 0.3 is 5.97 Å². The van der Waals surface area contributed by atoms with E-state index >= 15 is 0 Å². The lowest BCUT2D eigenvalue weighted by molar-refractivity contribution is -0.137. The van der Waals surface area contributed by atoms with Crippen LogP contribution >= 0.6 is 23.2 Å². The van der Waals surface area contributed by atoms with Crippen molar-refractivity contribution in [1.82, 2.24) is 5.32 Å². The fraction of sp³-hybridized carbons (Fsp3) is 0.286. The van der Waals surface area contributed by atoms with E-state index < -0.39 is 11.0 Å². The van der Waals surface area contributed by atoms with Gasteiger partial charge in [-0.15, -0.1) is 0 Å². The molecule has 3 nitrogen and oxygen atoms in total. The number of carboxylic acid groups (broad SMARTS) is 1. The molecule has 1 rings (SSSR count). The summed E-state index contributed by atoms with van der Waals surface area (Å²) in [6, 6.07) is 0. The Labute approximate surface area is 79.7 Å². The van der Waals surface area contributed by atoms with Crippen molar-refractivity contribution < 1.29 is 9.90 Å². The molecule has 0 fully saturated rings. The van der Waals surface area contributed by atoms with Crippen LogP contribution in [0, 0.1) is 0 Å². The number of hydrogen-bond donors (Lipinski definition) is 2. The van der Waals surface area contributed by atoms with Crippen LogP contribution in [-0.4, -0.2) is 16.1 Å². The number of halogens is 2. The number of carbonyl (C=O) groups is 1. The molecule has 0 radical (unpaired) electrons. The maximum atomic E-state index is 10.4. The number of carboxylic acids is 1. The molecule has 2 N–H and O–H groups in total. The lowest BCUT2D eigenvalue weighted by Gasteiger charge is -2.25. The number of hydrogen-bond acceptors (Lipinski definition) is 2. The number of alkyl halides is 1. The van der Waals surface area contributed by atoms with Gasteiger partial charge in [-0.25, -0.2) is 0 Å². The smallest absolute Gasteiger partial charge is 0.307 e. The van der Waals surface area contributed by atoms with Gasteiger partial charge in [0.25, 0.3) is 0 Å². The maximum absolute atomic E-state index is 10.4. The summed E-state index contributed by atoms with van der Waals surface area (Å²) < 4.78 is 0. The van der Waals surface area contributed by atoms with Crippen LogP contribution in [0.5, 0.6) is 0 Å². The number of aliphatic carboxylic acids is 1. The summed E-state index contributed by atoms with van der Waals surface area (Å²) in [5, 5.41) is 11.5. The molecule has 0 saturated heterocycles. The zero-order chi connectivity index (χ0) is 9.19. The standard InChI is InChI=1S/C7H7Cl2NO2/c8-5-2-1-3-7(9,10-5)4-6(11)12/h1-3,10H,4H2,(H,11,12). The predicted molar refractivity (Wildman–Crippen MR) is 47.0 cm³/mol. The predicted octanol–water partition coefficient (Wildman–Crippen LogP) is 1.64. The van der Waals surface area contributed by atoms with E-state index in [1.165, 1.54) is 0 Å². The highest BCUT2D eigenvalue weighted by Gasteiger charge is 2.28. The fourth-order valence-corrected chi connectivity index (χ4v) is 1.47. The zero-order valence-corrected chi connectivity index (χ0v) is 7.56. The summed E-state index contributed by atoms with van der Waals surface area (Å²) >= 11 is 11.5. The van der Waals surface area contributed by atoms with E-state index in [1.54, 1.807) is 18.2 Å². The molecule has 0 saturated carbocycles. The minimum Gasteiger partial charge on any atom is -0.481 e. The van der Waals surface area contributed by atoms with Crippen LogP contribution in [0.2, 0.25) is 0 Å². The van der Waals surface area contributed by atoms with Crippen molar-refractivity contribution in [3.8, 4) is 0 Å². The molecule has 12 heavy (non-hydrogen) atoms. The first-order valence-corrected chi connectivity index (χ1v) is 4.01. The van der Waals surface area contributed by atoms with Crippen LogP contribution in [0.3, 0.4) is 0 Å². The highest BCUT2D eigenvalue weighted by molar-refractivity contribution is 6.32. The Hall–Kier alpha value is -0.670. The SMILES string of the molecule is O=C(O)CC1(Cl)C=CC=C(Cl)N1. The lowest BCUT2D eigenvalue weighted by Crippen LogP contribution is -2.39. The van der Waals surface area contributed by atoms with Crippen molar-refractivity contribution in [2.75, 3.05) is 0 Å². The Balaban J connectivity index is 2.69. The first kappa shape index (κ1) is 9.42. The van der Waals surface area contributed by atoms with Crippen molar-refractivity contribution in [2.24, 2.45) is 0 Å². The van der Waals surface area contributed by atoms with Gasteiger partial charge in [-0.3, -0.25) is 4.79 Å². The van der Waals surface area contributed by atoms with Crippen LogP contribution in [-0.2, 0) is 4.79 Å². The second kappa shape index (κ2) is 3.37. The molecular weight excluding hydrogens is 201 g/mol. The van der Waals surface area contributed by atoms with E-state index in [9.17, 15) is 4.79 Å². The van der Waals surface area contributed by atoms with Gasteiger partial charge in [0.15, 0.2) is 0 Å². The topological polar surface area (TPSA) is 49.3 Å². The van der Waals surface area contributed by atoms with Crippen LogP contribution in [0.25, 0.3) is 0 Å². The van der Waals surface area contributed by atoms with Gasteiger partial charge in [0, 0.05) is 0 Å². The summed E-state index contributed by atoms with van der Waals surface area (Å²) in [5.41, 5.74) is 0. The highest BCUT2D eigenvalue weighted by atomic mass is 35.5. The second-order valence-electron chi connectivity index (χ2n) is 2.43. The van der Waals surface area contributed by atoms with Crippen molar-refractivity contribution in [1.29, 1.82) is 0 Å². The quantitative estimate of drug-likeness (QED) is 0.535. The third-order valence-corrected chi connectivity index (χ3v) is 1.91. The number of dihydropyridines is 1. The van der Waals surface area contributed by atoms with Gasteiger partial charge < -0.3 is 10.4 Å². The largest absolute Gasteiger partial charge is 0.481 e. The number of allylic oxidation sites excluding steroid dienone is 2. The molecule has 0 bridgehead atoms.